The van der Waals surface area contributed by atoms with Gasteiger partial charge in [0.2, 0.25) is 6.08 Å². The van der Waals surface area contributed by atoms with Gasteiger partial charge in [-0.1, -0.05) is 0 Å². The topological polar surface area (TPSA) is 40.9 Å². The number of hydrogen-bond donors (Lipinski definition) is 1. The van der Waals surface area contributed by atoms with Gasteiger partial charge < -0.3 is 0 Å². The van der Waals surface area contributed by atoms with Crippen LogP contribution in [0.4, 0.5) is 0 Å². The third-order valence-corrected chi connectivity index (χ3v) is 0. The molecule has 2 nitrogen and oxygen atoms in total. The number of isocyanates is 1. The molecule has 0 aliphatic carbocycles. The summed E-state index contributed by atoms with van der Waals surface area (Å²) in [4.78, 5) is 8.35. The van der Waals surface area contributed by atoms with Crippen LogP contribution in [0.3, 0.4) is 0 Å². The first kappa shape index (κ1) is 9.03. The van der Waals surface area contributed by atoms with Crippen LogP contribution < -0.4 is 0 Å². The van der Waals surface area contributed by atoms with Crippen molar-refractivity contribution in [3.63, 3.8) is 0 Å². The smallest absolute Gasteiger partial charge is 0.222 e. The molecule has 1 radical (unpaired) electrons. The van der Waals surface area contributed by atoms with Gasteiger partial charge in [-0.15, -0.1) is 0 Å². The van der Waals surface area contributed by atoms with Crippen molar-refractivity contribution in [1.29, 1.82) is 5.41 Å². The van der Waals surface area contributed by atoms with Gasteiger partial charge >= 0.3 is 0 Å². The molecule has 0 heterocycles. The molecular formula is CHNOV. The second-order valence-electron chi connectivity index (χ2n) is 0.102. The molecule has 0 aromatic carbocycles. The monoisotopic (exact) mass is 93.9 g/mol. The van der Waals surface area contributed by atoms with Crippen LogP contribution in [0.25, 0.3) is 0 Å². The van der Waals surface area contributed by atoms with Crippen LogP contribution in [0.15, 0.2) is 0 Å². The molecular weight excluding hydrogens is 93.0 g/mol. The Labute approximate surface area is 35.6 Å². The van der Waals surface area contributed by atoms with E-state index in [0.717, 1.165) is 6.08 Å². The third kappa shape index (κ3) is 1440. The Morgan fingerprint density at radius 3 is 1.75 bits per heavy atom. The Morgan fingerprint density at radius 1 is 1.75 bits per heavy atom. The molecule has 21 valence electrons. The van der Waals surface area contributed by atoms with Crippen LogP contribution in [0.1, 0.15) is 0 Å². The van der Waals surface area contributed by atoms with Gasteiger partial charge in [0.25, 0.3) is 0 Å². The van der Waals surface area contributed by atoms with Crippen molar-refractivity contribution < 1.29 is 23.4 Å². The van der Waals surface area contributed by atoms with Gasteiger partial charge in [-0.25, -0.2) is 10.2 Å². The largest absolute Gasteiger partial charge is 0.231 e. The molecule has 0 fully saturated rings. The summed E-state index contributed by atoms with van der Waals surface area (Å²) >= 11 is 0. The minimum atomic E-state index is 0. The average molecular weight is 94.0 g/mol. The standard InChI is InChI=1S/CHNO.V/c2-1-3;/h2H;. The van der Waals surface area contributed by atoms with Crippen LogP contribution in [-0.2, 0) is 23.4 Å². The molecule has 0 aliphatic rings. The maximum absolute atomic E-state index is 8.35. The first-order valence-electron chi connectivity index (χ1n) is 0.454. The second-order valence-corrected chi connectivity index (χ2v) is 0.102. The maximum Gasteiger partial charge on any atom is 0.231 e. The summed E-state index contributed by atoms with van der Waals surface area (Å²) in [6.45, 7) is 0. The fraction of sp³-hybridized carbons (Fsp3) is 0. The van der Waals surface area contributed by atoms with E-state index in [1.54, 1.807) is 0 Å². The molecule has 0 saturated heterocycles. The normalized spacial score (nSPS) is 2.00. The van der Waals surface area contributed by atoms with Crippen molar-refractivity contribution in [1.82, 2.24) is 0 Å². The van der Waals surface area contributed by atoms with Crippen LogP contribution >= 0.6 is 0 Å². The zero-order valence-electron chi connectivity index (χ0n) is 1.86. The Bertz CT molecular complexity index is 29.0. The average Bonchev–Trinajstić information content (AvgIpc) is 0.918. The summed E-state index contributed by atoms with van der Waals surface area (Å²) in [6, 6.07) is 0. The van der Waals surface area contributed by atoms with E-state index in [-0.39, 0.29) is 18.6 Å². The van der Waals surface area contributed by atoms with Crippen molar-refractivity contribution in [3.8, 4) is 0 Å². The molecule has 0 bridgehead atoms. The number of carbonyl (C=O) groups excluding carboxylic acids is 1. The number of hydrogen-bond acceptors (Lipinski definition) is 2. The van der Waals surface area contributed by atoms with Crippen molar-refractivity contribution in [3.05, 3.63) is 0 Å². The molecule has 4 heavy (non-hydrogen) atoms. The summed E-state index contributed by atoms with van der Waals surface area (Å²) in [6.07, 6.45) is 0.750. The third-order valence-electron chi connectivity index (χ3n) is 0. The summed E-state index contributed by atoms with van der Waals surface area (Å²) < 4.78 is 0. The van der Waals surface area contributed by atoms with Crippen LogP contribution in [0.5, 0.6) is 0 Å². The number of rotatable bonds is 0. The fourth-order valence-corrected chi connectivity index (χ4v) is 0. The molecule has 0 saturated carbocycles. The van der Waals surface area contributed by atoms with Gasteiger partial charge in [0.15, 0.2) is 0 Å². The molecule has 0 rings (SSSR count). The summed E-state index contributed by atoms with van der Waals surface area (Å²) in [7, 11) is 0. The minimum Gasteiger partial charge on any atom is -0.222 e. The van der Waals surface area contributed by atoms with E-state index in [2.05, 4.69) is 0 Å². The van der Waals surface area contributed by atoms with E-state index in [1.165, 1.54) is 0 Å². The van der Waals surface area contributed by atoms with Crippen molar-refractivity contribution in [2.24, 2.45) is 0 Å². The van der Waals surface area contributed by atoms with Crippen molar-refractivity contribution >= 4 is 6.08 Å². The molecule has 0 aromatic rings. The van der Waals surface area contributed by atoms with Gasteiger partial charge in [0.1, 0.15) is 0 Å². The van der Waals surface area contributed by atoms with Gasteiger partial charge in [-0.05, 0) is 0 Å². The SMILES string of the molecule is N=C=O.[V]. The van der Waals surface area contributed by atoms with Crippen LogP contribution in [0.2, 0.25) is 0 Å². The molecule has 3 heteroatoms. The van der Waals surface area contributed by atoms with Gasteiger partial charge in [0.05, 0.1) is 0 Å². The molecule has 0 aromatic heterocycles. The molecule has 1 N–H and O–H groups in total. The molecule has 0 aliphatic heterocycles. The second kappa shape index (κ2) is 12.3. The van der Waals surface area contributed by atoms with E-state index in [4.69, 9.17) is 10.2 Å². The molecule has 0 spiro atoms. The van der Waals surface area contributed by atoms with E-state index in [0.29, 0.717) is 0 Å². The van der Waals surface area contributed by atoms with E-state index in [1.807, 2.05) is 0 Å². The Hall–Kier alpha value is -0.0356. The van der Waals surface area contributed by atoms with E-state index >= 15 is 0 Å². The van der Waals surface area contributed by atoms with Gasteiger partial charge in [0, 0.05) is 18.6 Å². The maximum atomic E-state index is 8.35. The van der Waals surface area contributed by atoms with Crippen LogP contribution in [0, 0.1) is 5.41 Å². The van der Waals surface area contributed by atoms with Gasteiger partial charge in [-0.3, -0.25) is 0 Å². The first-order chi connectivity index (χ1) is 1.41. The summed E-state index contributed by atoms with van der Waals surface area (Å²) in [5.74, 6) is 0. The van der Waals surface area contributed by atoms with E-state index in [9.17, 15) is 0 Å². The Morgan fingerprint density at radius 2 is 1.75 bits per heavy atom. The number of nitrogens with one attached hydrogen (secondary N) is 1. The van der Waals surface area contributed by atoms with E-state index < -0.39 is 0 Å². The summed E-state index contributed by atoms with van der Waals surface area (Å²) in [5.41, 5.74) is 0. The fourth-order valence-electron chi connectivity index (χ4n) is 0. The zero-order valence-corrected chi connectivity index (χ0v) is 3.25. The molecule has 0 atom stereocenters. The predicted octanol–water partition coefficient (Wildman–Crippen LogP) is -0.102. The first-order valence-corrected chi connectivity index (χ1v) is 0.454. The van der Waals surface area contributed by atoms with Gasteiger partial charge in [-0.2, -0.15) is 0 Å². The zero-order chi connectivity index (χ0) is 2.71. The predicted molar refractivity (Wildman–Crippen MR) is 8.41 cm³/mol. The van der Waals surface area contributed by atoms with Crippen molar-refractivity contribution in [2.45, 2.75) is 0 Å². The quantitative estimate of drug-likeness (QED) is 0.330. The summed E-state index contributed by atoms with van der Waals surface area (Å²) in [5, 5.41) is 5.40. The van der Waals surface area contributed by atoms with Crippen molar-refractivity contribution in [2.75, 3.05) is 0 Å². The minimum absolute atomic E-state index is 0. The van der Waals surface area contributed by atoms with Crippen LogP contribution in [-0.4, -0.2) is 6.08 Å². The Kier molecular flexibility index (Phi) is 27.8. The molecule has 0 unspecified atom stereocenters. The Balaban J connectivity index is 0. The molecule has 0 amide bonds.